The Balaban J connectivity index is 1.11. The van der Waals surface area contributed by atoms with Crippen molar-refractivity contribution in [3.05, 3.63) is 253 Å². The van der Waals surface area contributed by atoms with Crippen molar-refractivity contribution in [2.24, 2.45) is 0 Å². The number of ketones is 1. The van der Waals surface area contributed by atoms with Crippen LogP contribution in [0.2, 0.25) is 0 Å². The van der Waals surface area contributed by atoms with Gasteiger partial charge in [-0.05, 0) is 135 Å². The lowest BCUT2D eigenvalue weighted by atomic mass is 9.85. The number of aliphatic hydroxyl groups is 1. The summed E-state index contributed by atoms with van der Waals surface area (Å²) in [6, 6.07) is 76.9. The molecule has 2 aromatic heterocycles. The SMILES string of the molecule is C/C(O)=C(\C)C(=O)CCc1ccccc1-c1cc(-c2ccccc2-c2ccc(-c3cc(C)c(-c4ccccc4)cn3)cc2)cc(-c2ccccc2-c2cnc(-c3ccccc3)cc2-c2ccccc2)c1. The van der Waals surface area contributed by atoms with Gasteiger partial charge in [-0.1, -0.05) is 188 Å². The second-order valence-electron chi connectivity index (χ2n) is 17.9. The topological polar surface area (TPSA) is 63.1 Å². The summed E-state index contributed by atoms with van der Waals surface area (Å²) in [6.07, 6.45) is 4.82. The van der Waals surface area contributed by atoms with E-state index in [-0.39, 0.29) is 18.0 Å². The first-order valence-corrected chi connectivity index (χ1v) is 23.8. The van der Waals surface area contributed by atoms with E-state index in [1.165, 1.54) is 5.56 Å². The Bertz CT molecular complexity index is 3520. The van der Waals surface area contributed by atoms with E-state index in [9.17, 15) is 9.90 Å². The van der Waals surface area contributed by atoms with Crippen molar-refractivity contribution in [2.45, 2.75) is 33.6 Å². The third-order valence-electron chi connectivity index (χ3n) is 13.4. The van der Waals surface area contributed by atoms with Gasteiger partial charge in [-0.25, -0.2) is 0 Å². The summed E-state index contributed by atoms with van der Waals surface area (Å²) in [5.74, 6) is 0.00141. The van der Waals surface area contributed by atoms with Gasteiger partial charge in [-0.2, -0.15) is 0 Å². The fourth-order valence-electron chi connectivity index (χ4n) is 9.46. The lowest BCUT2D eigenvalue weighted by Gasteiger charge is -2.19. The summed E-state index contributed by atoms with van der Waals surface area (Å²) in [4.78, 5) is 23.2. The maximum atomic E-state index is 13.2. The van der Waals surface area contributed by atoms with Crippen LogP contribution in [0, 0.1) is 6.92 Å². The molecule has 70 heavy (non-hydrogen) atoms. The molecule has 4 heteroatoms. The van der Waals surface area contributed by atoms with Gasteiger partial charge in [0, 0.05) is 46.6 Å². The van der Waals surface area contributed by atoms with Gasteiger partial charge < -0.3 is 5.11 Å². The van der Waals surface area contributed by atoms with Gasteiger partial charge in [0.25, 0.3) is 0 Å². The number of nitrogens with zero attached hydrogens (tertiary/aromatic N) is 2. The van der Waals surface area contributed by atoms with Crippen molar-refractivity contribution < 1.29 is 9.90 Å². The van der Waals surface area contributed by atoms with Crippen LogP contribution < -0.4 is 0 Å². The van der Waals surface area contributed by atoms with E-state index in [0.717, 1.165) is 106 Å². The third-order valence-corrected chi connectivity index (χ3v) is 13.4. The minimum absolute atomic E-state index is 0.0608. The molecule has 0 unspecified atom stereocenters. The zero-order valence-corrected chi connectivity index (χ0v) is 39.6. The number of aliphatic hydroxyl groups excluding tert-OH is 1. The zero-order valence-electron chi connectivity index (χ0n) is 39.6. The van der Waals surface area contributed by atoms with E-state index in [2.05, 4.69) is 207 Å². The van der Waals surface area contributed by atoms with E-state index in [4.69, 9.17) is 9.97 Å². The maximum Gasteiger partial charge on any atom is 0.162 e. The number of hydrogen-bond donors (Lipinski definition) is 1. The molecule has 0 radical (unpaired) electrons. The lowest BCUT2D eigenvalue weighted by Crippen LogP contribution is -2.04. The Morgan fingerprint density at radius 3 is 1.36 bits per heavy atom. The van der Waals surface area contributed by atoms with Crippen LogP contribution in [0.25, 0.3) is 100 Å². The number of rotatable bonds is 13. The molecule has 0 aliphatic heterocycles. The van der Waals surface area contributed by atoms with E-state index in [0.29, 0.717) is 12.0 Å². The molecule has 0 aliphatic rings. The van der Waals surface area contributed by atoms with Crippen LogP contribution in [-0.4, -0.2) is 20.9 Å². The Kier molecular flexibility index (Phi) is 13.0. The van der Waals surface area contributed by atoms with E-state index in [1.807, 2.05) is 30.6 Å². The lowest BCUT2D eigenvalue weighted by molar-refractivity contribution is -0.115. The summed E-state index contributed by atoms with van der Waals surface area (Å²) in [5.41, 5.74) is 21.8. The number of hydrogen-bond acceptors (Lipinski definition) is 4. The molecule has 0 fully saturated rings. The Hall–Kier alpha value is -8.73. The second-order valence-corrected chi connectivity index (χ2v) is 17.9. The number of aromatic nitrogens is 2. The van der Waals surface area contributed by atoms with Crippen molar-refractivity contribution in [1.82, 2.24) is 9.97 Å². The fraction of sp³-hybridized carbons (Fsp3) is 0.0758. The van der Waals surface area contributed by atoms with Crippen molar-refractivity contribution in [1.29, 1.82) is 0 Å². The monoisotopic (exact) mass is 904 g/mol. The van der Waals surface area contributed by atoms with Crippen molar-refractivity contribution in [3.8, 4) is 100 Å². The third kappa shape index (κ3) is 9.54. The maximum absolute atomic E-state index is 13.2. The minimum Gasteiger partial charge on any atom is -0.512 e. The zero-order chi connectivity index (χ0) is 48.0. The smallest absolute Gasteiger partial charge is 0.162 e. The average molecular weight is 905 g/mol. The molecule has 2 heterocycles. The van der Waals surface area contributed by atoms with Crippen LogP contribution in [0.3, 0.4) is 0 Å². The molecule has 0 spiro atoms. The molecule has 0 amide bonds. The molecular weight excluding hydrogens is 853 g/mol. The first kappa shape index (κ1) is 45.1. The van der Waals surface area contributed by atoms with Crippen molar-refractivity contribution in [3.63, 3.8) is 0 Å². The summed E-state index contributed by atoms with van der Waals surface area (Å²) in [7, 11) is 0. The Labute approximate surface area is 411 Å². The predicted octanol–water partition coefficient (Wildman–Crippen LogP) is 17.1. The van der Waals surface area contributed by atoms with E-state index < -0.39 is 0 Å². The highest BCUT2D eigenvalue weighted by molar-refractivity contribution is 5.97. The molecule has 0 saturated carbocycles. The fourth-order valence-corrected chi connectivity index (χ4v) is 9.46. The summed E-state index contributed by atoms with van der Waals surface area (Å²) >= 11 is 0. The molecule has 10 rings (SSSR count). The average Bonchev–Trinajstić information content (AvgIpc) is 3.42. The summed E-state index contributed by atoms with van der Waals surface area (Å²) in [5, 5.41) is 10.1. The highest BCUT2D eigenvalue weighted by atomic mass is 16.3. The van der Waals surface area contributed by atoms with Gasteiger partial charge in [0.05, 0.1) is 17.1 Å². The number of carbonyl (C=O) groups is 1. The number of benzene rings is 8. The van der Waals surface area contributed by atoms with Crippen molar-refractivity contribution in [2.75, 3.05) is 0 Å². The quantitative estimate of drug-likeness (QED) is 0.0925. The van der Waals surface area contributed by atoms with Crippen LogP contribution >= 0.6 is 0 Å². The minimum atomic E-state index is -0.0608. The van der Waals surface area contributed by atoms with E-state index in [1.54, 1.807) is 13.8 Å². The number of pyridine rings is 2. The molecular formula is C66H52N2O2. The number of carbonyl (C=O) groups excluding carboxylic acids is 1. The van der Waals surface area contributed by atoms with Crippen LogP contribution in [0.5, 0.6) is 0 Å². The van der Waals surface area contributed by atoms with Crippen LogP contribution in [0.15, 0.2) is 242 Å². The first-order chi connectivity index (χ1) is 34.3. The van der Waals surface area contributed by atoms with Gasteiger partial charge in [-0.3, -0.25) is 14.8 Å². The van der Waals surface area contributed by atoms with Gasteiger partial charge in [0.1, 0.15) is 0 Å². The summed E-state index contributed by atoms with van der Waals surface area (Å²) in [6.45, 7) is 5.41. The van der Waals surface area contributed by atoms with Crippen LogP contribution in [-0.2, 0) is 11.2 Å². The molecule has 0 atom stereocenters. The molecule has 4 nitrogen and oxygen atoms in total. The molecule has 338 valence electrons. The van der Waals surface area contributed by atoms with Gasteiger partial charge in [-0.15, -0.1) is 0 Å². The molecule has 0 bridgehead atoms. The predicted molar refractivity (Wildman–Crippen MR) is 290 cm³/mol. The molecule has 8 aromatic carbocycles. The van der Waals surface area contributed by atoms with Crippen molar-refractivity contribution >= 4 is 5.78 Å². The van der Waals surface area contributed by atoms with E-state index >= 15 is 0 Å². The normalized spacial score (nSPS) is 11.5. The standard InChI is InChI=1S/C66H52N2O2/c1-44-37-64(67-42-62(44)48-21-9-5-10-22-48)52-33-31-50(32-34-52)57-27-15-16-28-58(57)54-38-53(56-26-14-13-23-49(56)35-36-66(70)45(2)46(3)69)39-55(40-54)59-29-17-18-30-60(59)63-43-68-65(51-24-11-6-12-25-51)41-61(63)47-19-7-4-8-20-47/h4-34,37-43,69H,35-36H2,1-3H3/b46-45-. The van der Waals surface area contributed by atoms with Gasteiger partial charge in [0.15, 0.2) is 5.78 Å². The molecule has 1 N–H and O–H groups in total. The number of Topliss-reactive ketones (excluding diaryl/α,β-unsaturated/α-hetero) is 1. The largest absolute Gasteiger partial charge is 0.512 e. The molecule has 0 saturated heterocycles. The Morgan fingerprint density at radius 1 is 0.386 bits per heavy atom. The number of allylic oxidation sites excluding steroid dienone is 2. The molecule has 10 aromatic rings. The second kappa shape index (κ2) is 20.2. The van der Waals surface area contributed by atoms with Gasteiger partial charge >= 0.3 is 0 Å². The van der Waals surface area contributed by atoms with Crippen LogP contribution in [0.1, 0.15) is 31.4 Å². The first-order valence-electron chi connectivity index (χ1n) is 23.8. The number of aryl methyl sites for hydroxylation is 2. The highest BCUT2D eigenvalue weighted by Gasteiger charge is 2.19. The van der Waals surface area contributed by atoms with Gasteiger partial charge in [0.2, 0.25) is 0 Å². The highest BCUT2D eigenvalue weighted by Crippen LogP contribution is 2.43. The Morgan fingerprint density at radius 2 is 0.786 bits per heavy atom. The van der Waals surface area contributed by atoms with Crippen LogP contribution in [0.4, 0.5) is 0 Å². The molecule has 0 aliphatic carbocycles. The summed E-state index contributed by atoms with van der Waals surface area (Å²) < 4.78 is 0.